The molecule has 0 bridgehead atoms. The van der Waals surface area contributed by atoms with Crippen molar-refractivity contribution in [3.05, 3.63) is 21.4 Å². The van der Waals surface area contributed by atoms with E-state index in [1.165, 1.54) is 30.4 Å². The molecule has 0 radical (unpaired) electrons. The van der Waals surface area contributed by atoms with Gasteiger partial charge in [0.05, 0.1) is 12.7 Å². The average molecular weight is 323 g/mol. The third kappa shape index (κ3) is 4.83. The van der Waals surface area contributed by atoms with E-state index in [0.717, 1.165) is 44.1 Å². The van der Waals surface area contributed by atoms with Crippen LogP contribution in [-0.2, 0) is 22.4 Å². The fourth-order valence-electron chi connectivity index (χ4n) is 2.83. The first-order valence-electron chi connectivity index (χ1n) is 8.16. The number of carbonyl (C=O) groups excluding carboxylic acids is 2. The number of aryl methyl sites for hydroxylation is 1. The highest BCUT2D eigenvalue weighted by molar-refractivity contribution is 7.10. The monoisotopic (exact) mass is 323 g/mol. The largest absolute Gasteiger partial charge is 0.469 e. The van der Waals surface area contributed by atoms with Gasteiger partial charge in [-0.05, 0) is 44.1 Å². The predicted molar refractivity (Wildman–Crippen MR) is 88.4 cm³/mol. The van der Waals surface area contributed by atoms with Crippen LogP contribution in [0.25, 0.3) is 0 Å². The van der Waals surface area contributed by atoms with Crippen LogP contribution in [0.2, 0.25) is 0 Å². The standard InChI is InChI=1S/C17H25NO3S/c1-21-16(19)10-4-2-3-7-11-18-17(20)14-12-22-15-9-6-5-8-13(14)15/h12H,2-11H2,1H3,(H,18,20). The lowest BCUT2D eigenvalue weighted by molar-refractivity contribution is -0.140. The van der Waals surface area contributed by atoms with Crippen molar-refractivity contribution in [1.29, 1.82) is 0 Å². The molecular weight excluding hydrogens is 298 g/mol. The van der Waals surface area contributed by atoms with Gasteiger partial charge in [0, 0.05) is 23.2 Å². The number of fused-ring (bicyclic) bond motifs is 1. The van der Waals surface area contributed by atoms with Gasteiger partial charge in [0.25, 0.3) is 5.91 Å². The molecule has 0 spiro atoms. The lowest BCUT2D eigenvalue weighted by atomic mass is 9.95. The molecule has 22 heavy (non-hydrogen) atoms. The van der Waals surface area contributed by atoms with Gasteiger partial charge in [0.2, 0.25) is 0 Å². The van der Waals surface area contributed by atoms with Crippen LogP contribution in [0.3, 0.4) is 0 Å². The minimum absolute atomic E-state index is 0.0777. The van der Waals surface area contributed by atoms with Crippen LogP contribution in [0.4, 0.5) is 0 Å². The molecule has 1 aliphatic carbocycles. The Morgan fingerprint density at radius 1 is 1.18 bits per heavy atom. The number of rotatable bonds is 8. The molecule has 0 atom stereocenters. The number of nitrogens with one attached hydrogen (secondary N) is 1. The van der Waals surface area contributed by atoms with E-state index in [1.54, 1.807) is 11.3 Å². The highest BCUT2D eigenvalue weighted by Crippen LogP contribution is 2.30. The molecule has 5 heteroatoms. The molecule has 1 aliphatic rings. The molecule has 0 aromatic carbocycles. The van der Waals surface area contributed by atoms with Crippen molar-refractivity contribution in [2.45, 2.75) is 57.8 Å². The van der Waals surface area contributed by atoms with Crippen molar-refractivity contribution in [2.75, 3.05) is 13.7 Å². The average Bonchev–Trinajstić information content (AvgIpc) is 2.97. The minimum atomic E-state index is -0.143. The molecule has 4 nitrogen and oxygen atoms in total. The molecule has 1 heterocycles. The molecule has 0 fully saturated rings. The second-order valence-electron chi connectivity index (χ2n) is 5.75. The molecule has 122 valence electrons. The van der Waals surface area contributed by atoms with E-state index in [2.05, 4.69) is 10.1 Å². The SMILES string of the molecule is COC(=O)CCCCCCNC(=O)c1csc2c1CCCC2. The molecular formula is C17H25NO3S. The Bertz CT molecular complexity index is 510. The predicted octanol–water partition coefficient (Wildman–Crippen LogP) is 3.48. The summed E-state index contributed by atoms with van der Waals surface area (Å²) in [5, 5.41) is 5.04. The summed E-state index contributed by atoms with van der Waals surface area (Å²) >= 11 is 1.73. The molecule has 0 unspecified atom stereocenters. The van der Waals surface area contributed by atoms with Gasteiger partial charge in [-0.1, -0.05) is 12.8 Å². The van der Waals surface area contributed by atoms with Crippen LogP contribution in [0.15, 0.2) is 5.38 Å². The second kappa shape index (κ2) is 8.93. The van der Waals surface area contributed by atoms with Crippen LogP contribution in [-0.4, -0.2) is 25.5 Å². The van der Waals surface area contributed by atoms with E-state index in [-0.39, 0.29) is 11.9 Å². The van der Waals surface area contributed by atoms with Crippen molar-refractivity contribution in [1.82, 2.24) is 5.32 Å². The van der Waals surface area contributed by atoms with Crippen LogP contribution in [0, 0.1) is 0 Å². The van der Waals surface area contributed by atoms with E-state index < -0.39 is 0 Å². The van der Waals surface area contributed by atoms with Crippen LogP contribution >= 0.6 is 11.3 Å². The lowest BCUT2D eigenvalue weighted by Crippen LogP contribution is -2.25. The fraction of sp³-hybridized carbons (Fsp3) is 0.647. The molecule has 1 amide bonds. The normalized spacial score (nSPS) is 13.5. The van der Waals surface area contributed by atoms with Crippen molar-refractivity contribution in [3.8, 4) is 0 Å². The topological polar surface area (TPSA) is 55.4 Å². The lowest BCUT2D eigenvalue weighted by Gasteiger charge is -2.12. The molecule has 2 rings (SSSR count). The Morgan fingerprint density at radius 2 is 1.95 bits per heavy atom. The van der Waals surface area contributed by atoms with Crippen molar-refractivity contribution < 1.29 is 14.3 Å². The summed E-state index contributed by atoms with van der Waals surface area (Å²) in [5.74, 6) is -0.0653. The first-order chi connectivity index (χ1) is 10.7. The Balaban J connectivity index is 1.62. The molecule has 0 aliphatic heterocycles. The summed E-state index contributed by atoms with van der Waals surface area (Å²) in [5.41, 5.74) is 2.18. The number of esters is 1. The van der Waals surface area contributed by atoms with Crippen LogP contribution < -0.4 is 5.32 Å². The molecule has 1 aromatic rings. The smallest absolute Gasteiger partial charge is 0.305 e. The van der Waals surface area contributed by atoms with Crippen LogP contribution in [0.5, 0.6) is 0 Å². The molecule has 1 N–H and O–H groups in total. The summed E-state index contributed by atoms with van der Waals surface area (Å²) < 4.78 is 4.60. The summed E-state index contributed by atoms with van der Waals surface area (Å²) in [6.07, 6.45) is 8.96. The third-order valence-electron chi connectivity index (χ3n) is 4.13. The number of methoxy groups -OCH3 is 1. The van der Waals surface area contributed by atoms with E-state index in [9.17, 15) is 9.59 Å². The minimum Gasteiger partial charge on any atom is -0.469 e. The third-order valence-corrected chi connectivity index (χ3v) is 5.22. The van der Waals surface area contributed by atoms with Crippen molar-refractivity contribution >= 4 is 23.2 Å². The van der Waals surface area contributed by atoms with E-state index in [1.807, 2.05) is 5.38 Å². The number of hydrogen-bond donors (Lipinski definition) is 1. The highest BCUT2D eigenvalue weighted by Gasteiger charge is 2.19. The Kier molecular flexibility index (Phi) is 6.90. The number of ether oxygens (including phenoxy) is 1. The zero-order valence-electron chi connectivity index (χ0n) is 13.3. The van der Waals surface area contributed by atoms with Gasteiger partial charge >= 0.3 is 5.97 Å². The zero-order valence-corrected chi connectivity index (χ0v) is 14.1. The summed E-state index contributed by atoms with van der Waals surface area (Å²) in [4.78, 5) is 24.6. The summed E-state index contributed by atoms with van der Waals surface area (Å²) in [6, 6.07) is 0. The van der Waals surface area contributed by atoms with E-state index in [0.29, 0.717) is 13.0 Å². The maximum atomic E-state index is 12.2. The quantitative estimate of drug-likeness (QED) is 0.588. The number of hydrogen-bond acceptors (Lipinski definition) is 4. The van der Waals surface area contributed by atoms with E-state index in [4.69, 9.17) is 0 Å². The van der Waals surface area contributed by atoms with Gasteiger partial charge in [0.1, 0.15) is 0 Å². The van der Waals surface area contributed by atoms with Gasteiger partial charge in [-0.3, -0.25) is 9.59 Å². The first kappa shape index (κ1) is 17.0. The van der Waals surface area contributed by atoms with Crippen molar-refractivity contribution in [3.63, 3.8) is 0 Å². The number of amides is 1. The number of thiophene rings is 1. The molecule has 0 saturated carbocycles. The van der Waals surface area contributed by atoms with Gasteiger partial charge in [0.15, 0.2) is 0 Å². The Labute approximate surface area is 136 Å². The number of carbonyl (C=O) groups is 2. The van der Waals surface area contributed by atoms with Gasteiger partial charge in [-0.2, -0.15) is 0 Å². The second-order valence-corrected chi connectivity index (χ2v) is 6.72. The Morgan fingerprint density at radius 3 is 2.77 bits per heavy atom. The van der Waals surface area contributed by atoms with Crippen molar-refractivity contribution in [2.24, 2.45) is 0 Å². The van der Waals surface area contributed by atoms with Gasteiger partial charge in [-0.25, -0.2) is 0 Å². The van der Waals surface area contributed by atoms with Gasteiger partial charge in [-0.15, -0.1) is 11.3 Å². The molecule has 1 aromatic heterocycles. The zero-order chi connectivity index (χ0) is 15.8. The molecule has 0 saturated heterocycles. The highest BCUT2D eigenvalue weighted by atomic mass is 32.1. The maximum absolute atomic E-state index is 12.2. The maximum Gasteiger partial charge on any atom is 0.305 e. The van der Waals surface area contributed by atoms with Gasteiger partial charge < -0.3 is 10.1 Å². The Hall–Kier alpha value is -1.36. The summed E-state index contributed by atoms with van der Waals surface area (Å²) in [6.45, 7) is 0.710. The van der Waals surface area contributed by atoms with Crippen LogP contribution in [0.1, 0.15) is 65.7 Å². The summed E-state index contributed by atoms with van der Waals surface area (Å²) in [7, 11) is 1.42. The fourth-order valence-corrected chi connectivity index (χ4v) is 3.96. The first-order valence-corrected chi connectivity index (χ1v) is 9.04. The van der Waals surface area contributed by atoms with E-state index >= 15 is 0 Å². The number of unbranched alkanes of at least 4 members (excludes halogenated alkanes) is 3.